The Bertz CT molecular complexity index is 1610. The van der Waals surface area contributed by atoms with Crippen molar-refractivity contribution < 1.29 is 19.4 Å². The van der Waals surface area contributed by atoms with Gasteiger partial charge in [-0.15, -0.1) is 0 Å². The lowest BCUT2D eigenvalue weighted by Crippen LogP contribution is -2.19. The number of primary amides is 1. The summed E-state index contributed by atoms with van der Waals surface area (Å²) in [5.74, 6) is 5.60. The topological polar surface area (TPSA) is 117 Å². The first-order chi connectivity index (χ1) is 18.3. The maximum atomic E-state index is 12.5. The summed E-state index contributed by atoms with van der Waals surface area (Å²) in [5.41, 5.74) is 11.8. The van der Waals surface area contributed by atoms with Crippen molar-refractivity contribution in [1.29, 1.82) is 0 Å². The maximum Gasteiger partial charge on any atom is 0.252 e. The third-order valence-corrected chi connectivity index (χ3v) is 6.62. The van der Waals surface area contributed by atoms with Gasteiger partial charge in [0.25, 0.3) is 5.91 Å². The lowest BCUT2D eigenvalue weighted by molar-refractivity contribution is -0.115. The maximum absolute atomic E-state index is 12.5. The van der Waals surface area contributed by atoms with Crippen LogP contribution in [-0.2, 0) is 17.6 Å². The zero-order valence-electron chi connectivity index (χ0n) is 21.3. The second-order valence-corrected chi connectivity index (χ2v) is 9.76. The summed E-state index contributed by atoms with van der Waals surface area (Å²) >= 11 is 0. The highest BCUT2D eigenvalue weighted by molar-refractivity contribution is 5.99. The molecule has 0 saturated carbocycles. The van der Waals surface area contributed by atoms with Gasteiger partial charge in [0.15, 0.2) is 0 Å². The number of nitrogens with two attached hydrogens (primary N) is 1. The van der Waals surface area contributed by atoms with Gasteiger partial charge in [0.1, 0.15) is 5.75 Å². The number of H-pyrrole nitrogens is 1. The third-order valence-electron chi connectivity index (χ3n) is 6.62. The molecule has 0 fully saturated rings. The molecule has 4 aromatic rings. The Kier molecular flexibility index (Phi) is 6.91. The number of carbonyl (C=O) groups excluding carboxylic acids is 2. The summed E-state index contributed by atoms with van der Waals surface area (Å²) in [6.45, 7) is 3.60. The van der Waals surface area contributed by atoms with Crippen LogP contribution in [0.25, 0.3) is 10.9 Å². The van der Waals surface area contributed by atoms with Crippen LogP contribution in [0.2, 0.25) is 0 Å². The summed E-state index contributed by atoms with van der Waals surface area (Å²) in [6, 6.07) is 17.1. The molecular weight excluding hydrogens is 478 g/mol. The second-order valence-electron chi connectivity index (χ2n) is 9.76. The van der Waals surface area contributed by atoms with Gasteiger partial charge < -0.3 is 25.9 Å². The minimum atomic E-state index is -0.630. The van der Waals surface area contributed by atoms with Gasteiger partial charge in [0, 0.05) is 45.4 Å². The van der Waals surface area contributed by atoms with Gasteiger partial charge in [-0.25, -0.2) is 0 Å². The Balaban J connectivity index is 1.57. The van der Waals surface area contributed by atoms with Gasteiger partial charge in [-0.05, 0) is 61.7 Å². The number of hydrogen-bond donors (Lipinski definition) is 4. The molecule has 0 aliphatic carbocycles. The highest BCUT2D eigenvalue weighted by Crippen LogP contribution is 2.36. The number of fused-ring (bicyclic) bond motifs is 2. The van der Waals surface area contributed by atoms with Gasteiger partial charge >= 0.3 is 0 Å². The first-order valence-corrected chi connectivity index (χ1v) is 12.6. The Labute approximate surface area is 221 Å². The number of amides is 2. The number of hydrogen-bond acceptors (Lipinski definition) is 4. The number of carbonyl (C=O) groups is 2. The molecule has 0 radical (unpaired) electrons. The van der Waals surface area contributed by atoms with E-state index in [9.17, 15) is 14.7 Å². The van der Waals surface area contributed by atoms with E-state index in [-0.39, 0.29) is 30.1 Å². The van der Waals surface area contributed by atoms with E-state index in [1.165, 1.54) is 0 Å². The first kappa shape index (κ1) is 25.1. The minimum Gasteiger partial charge on any atom is -0.490 e. The Morgan fingerprint density at radius 1 is 1.11 bits per heavy atom. The van der Waals surface area contributed by atoms with Crippen molar-refractivity contribution in [2.45, 2.75) is 38.7 Å². The van der Waals surface area contributed by atoms with Gasteiger partial charge in [0.05, 0.1) is 24.7 Å². The molecule has 2 amide bonds. The smallest absolute Gasteiger partial charge is 0.252 e. The van der Waals surface area contributed by atoms with Crippen molar-refractivity contribution in [2.75, 3.05) is 11.9 Å². The van der Waals surface area contributed by atoms with E-state index >= 15 is 0 Å². The van der Waals surface area contributed by atoms with Crippen LogP contribution in [0.5, 0.6) is 5.75 Å². The molecule has 38 heavy (non-hydrogen) atoms. The Morgan fingerprint density at radius 2 is 1.89 bits per heavy atom. The molecular formula is C31H29N3O4. The number of benzene rings is 3. The molecule has 0 spiro atoms. The lowest BCUT2D eigenvalue weighted by atomic mass is 9.88. The molecule has 1 aromatic heterocycles. The number of aliphatic hydroxyl groups is 1. The molecule has 192 valence electrons. The summed E-state index contributed by atoms with van der Waals surface area (Å²) in [6.07, 6.45) is 2.62. The fourth-order valence-corrected chi connectivity index (χ4v) is 4.85. The van der Waals surface area contributed by atoms with Crippen LogP contribution in [0.15, 0.2) is 60.8 Å². The minimum absolute atomic E-state index is 0.0353. The van der Waals surface area contributed by atoms with Gasteiger partial charge in [-0.2, -0.15) is 0 Å². The molecule has 2 heterocycles. The fraction of sp³-hybridized carbons (Fsp3) is 0.226. The molecule has 3 aromatic carbocycles. The van der Waals surface area contributed by atoms with Crippen LogP contribution < -0.4 is 15.8 Å². The highest BCUT2D eigenvalue weighted by Gasteiger charge is 2.24. The zero-order valence-corrected chi connectivity index (χ0v) is 21.3. The largest absolute Gasteiger partial charge is 0.490 e. The second kappa shape index (κ2) is 10.4. The van der Waals surface area contributed by atoms with Crippen molar-refractivity contribution in [3.8, 4) is 17.6 Å². The lowest BCUT2D eigenvalue weighted by Gasteiger charge is -2.23. The molecule has 5 N–H and O–H groups in total. The molecule has 0 saturated heterocycles. The number of aromatic nitrogens is 1. The SMILES string of the molecule is CC(C)Oc1c(C(N)=O)cc(C#Cc2ccc3c(c2)NC(=O)C3)cc1[C@H](CO)Cc1c[nH]c2ccccc12. The standard InChI is InChI=1S/C31H29N3O4/c1-18(2)38-30-25(23(17-35)14-22-16-33-27-6-4-3-5-24(22)27)11-20(12-26(30)31(32)37)8-7-19-9-10-21-15-29(36)34-28(21)13-19/h3-6,9-13,16,18,23,33,35H,14-15,17H2,1-2H3,(H2,32,37)(H,34,36)/t23-/m0/s1. The molecule has 0 unspecified atom stereocenters. The molecule has 7 nitrogen and oxygen atoms in total. The molecule has 7 heteroatoms. The first-order valence-electron chi connectivity index (χ1n) is 12.6. The van der Waals surface area contributed by atoms with Gasteiger partial charge in [-0.3, -0.25) is 9.59 Å². The molecule has 0 bridgehead atoms. The molecule has 5 rings (SSSR count). The van der Waals surface area contributed by atoms with E-state index in [0.717, 1.165) is 33.3 Å². The summed E-state index contributed by atoms with van der Waals surface area (Å²) in [7, 11) is 0. The van der Waals surface area contributed by atoms with E-state index in [1.807, 2.05) is 68.6 Å². The van der Waals surface area contributed by atoms with Crippen molar-refractivity contribution in [3.05, 3.63) is 94.2 Å². The van der Waals surface area contributed by atoms with Crippen LogP contribution in [0.1, 0.15) is 57.9 Å². The fourth-order valence-electron chi connectivity index (χ4n) is 4.85. The zero-order chi connectivity index (χ0) is 26.8. The molecule has 1 atom stereocenters. The summed E-state index contributed by atoms with van der Waals surface area (Å²) < 4.78 is 6.10. The average Bonchev–Trinajstić information content (AvgIpc) is 3.47. The van der Waals surface area contributed by atoms with Crippen LogP contribution in [0, 0.1) is 11.8 Å². The Hall–Kier alpha value is -4.54. The predicted octanol–water partition coefficient (Wildman–Crippen LogP) is 4.27. The third kappa shape index (κ3) is 5.13. The quantitative estimate of drug-likeness (QED) is 0.280. The number of ether oxygens (including phenoxy) is 1. The van der Waals surface area contributed by atoms with Crippen molar-refractivity contribution in [1.82, 2.24) is 4.98 Å². The van der Waals surface area contributed by atoms with Crippen molar-refractivity contribution in [2.24, 2.45) is 5.73 Å². The van der Waals surface area contributed by atoms with Crippen LogP contribution in [0.4, 0.5) is 5.69 Å². The van der Waals surface area contributed by atoms with Crippen molar-refractivity contribution in [3.63, 3.8) is 0 Å². The monoisotopic (exact) mass is 507 g/mol. The van der Waals surface area contributed by atoms with Gasteiger partial charge in [-0.1, -0.05) is 36.1 Å². The summed E-state index contributed by atoms with van der Waals surface area (Å²) in [5, 5.41) is 14.4. The van der Waals surface area contributed by atoms with Crippen LogP contribution in [-0.4, -0.2) is 34.6 Å². The Morgan fingerprint density at radius 3 is 2.66 bits per heavy atom. The van der Waals surface area contributed by atoms with Crippen LogP contribution in [0.3, 0.4) is 0 Å². The summed E-state index contributed by atoms with van der Waals surface area (Å²) in [4.78, 5) is 27.5. The molecule has 1 aliphatic rings. The van der Waals surface area contributed by atoms with E-state index in [1.54, 1.807) is 6.07 Å². The number of para-hydroxylation sites is 1. The van der Waals surface area contributed by atoms with E-state index < -0.39 is 5.91 Å². The number of aromatic amines is 1. The van der Waals surface area contributed by atoms with Crippen molar-refractivity contribution >= 4 is 28.4 Å². The number of rotatable bonds is 7. The van der Waals surface area contributed by atoms with E-state index in [0.29, 0.717) is 29.7 Å². The molecule has 1 aliphatic heterocycles. The van der Waals surface area contributed by atoms with Gasteiger partial charge in [0.2, 0.25) is 5.91 Å². The predicted molar refractivity (Wildman–Crippen MR) is 147 cm³/mol. The normalized spacial score (nSPS) is 13.1. The van der Waals surface area contributed by atoms with Crippen LogP contribution >= 0.6 is 0 Å². The van der Waals surface area contributed by atoms with E-state index in [2.05, 4.69) is 22.1 Å². The number of aliphatic hydroxyl groups excluding tert-OH is 1. The highest BCUT2D eigenvalue weighted by atomic mass is 16.5. The number of anilines is 1. The van der Waals surface area contributed by atoms with E-state index in [4.69, 9.17) is 10.5 Å². The number of nitrogens with one attached hydrogen (secondary N) is 2. The average molecular weight is 508 g/mol.